The molecule has 2 unspecified atom stereocenters. The van der Waals surface area contributed by atoms with Crippen LogP contribution >= 0.6 is 11.8 Å². The van der Waals surface area contributed by atoms with Crippen molar-refractivity contribution in [2.75, 3.05) is 5.75 Å². The second-order valence-corrected chi connectivity index (χ2v) is 6.54. The van der Waals surface area contributed by atoms with Gasteiger partial charge in [0.1, 0.15) is 11.6 Å². The molecule has 0 aliphatic heterocycles. The van der Waals surface area contributed by atoms with Gasteiger partial charge in [0.15, 0.2) is 5.78 Å². The highest BCUT2D eigenvalue weighted by Gasteiger charge is 2.21. The zero-order valence-electron chi connectivity index (χ0n) is 11.0. The molecule has 1 aromatic rings. The van der Waals surface area contributed by atoms with E-state index in [0.29, 0.717) is 11.2 Å². The smallest absolute Gasteiger partial charge is 0.175 e. The monoisotopic (exact) mass is 284 g/mol. The molecule has 1 nitrogen and oxygen atoms in total. The molecule has 0 spiro atoms. The number of rotatable bonds is 4. The first-order valence-corrected chi connectivity index (χ1v) is 7.71. The summed E-state index contributed by atoms with van der Waals surface area (Å²) in [7, 11) is 0. The van der Waals surface area contributed by atoms with E-state index in [1.807, 2.05) is 0 Å². The Morgan fingerprint density at radius 2 is 2.16 bits per heavy atom. The van der Waals surface area contributed by atoms with Gasteiger partial charge in [-0.05, 0) is 37.0 Å². The van der Waals surface area contributed by atoms with Gasteiger partial charge in [0.2, 0.25) is 0 Å². The number of Topliss-reactive ketones (excluding diaryl/α,β-unsaturated/α-hetero) is 1. The molecule has 1 saturated carbocycles. The third kappa shape index (κ3) is 4.03. The fraction of sp³-hybridized carbons (Fsp3) is 0.533. The number of carbonyl (C=O) groups excluding carboxylic acids is 1. The lowest BCUT2D eigenvalue weighted by Gasteiger charge is -2.25. The van der Waals surface area contributed by atoms with Crippen LogP contribution in [0.2, 0.25) is 0 Å². The summed E-state index contributed by atoms with van der Waals surface area (Å²) < 4.78 is 26.5. The molecule has 0 saturated heterocycles. The lowest BCUT2D eigenvalue weighted by atomic mass is 9.91. The first-order chi connectivity index (χ1) is 9.06. The molecular formula is C15H18F2OS. The molecule has 2 atom stereocenters. The molecule has 2 rings (SSSR count). The van der Waals surface area contributed by atoms with Crippen molar-refractivity contribution in [3.63, 3.8) is 0 Å². The van der Waals surface area contributed by atoms with Crippen molar-refractivity contribution in [1.82, 2.24) is 0 Å². The van der Waals surface area contributed by atoms with E-state index >= 15 is 0 Å². The lowest BCUT2D eigenvalue weighted by Crippen LogP contribution is -2.17. The Labute approximate surface area is 116 Å². The average Bonchev–Trinajstić information content (AvgIpc) is 2.39. The second kappa shape index (κ2) is 6.51. The largest absolute Gasteiger partial charge is 0.293 e. The zero-order valence-corrected chi connectivity index (χ0v) is 11.8. The minimum atomic E-state index is -0.635. The van der Waals surface area contributed by atoms with Gasteiger partial charge in [-0.1, -0.05) is 19.8 Å². The zero-order chi connectivity index (χ0) is 13.8. The highest BCUT2D eigenvalue weighted by Crippen LogP contribution is 2.32. The normalized spacial score (nSPS) is 23.3. The Balaban J connectivity index is 1.92. The van der Waals surface area contributed by atoms with Crippen LogP contribution in [0.3, 0.4) is 0 Å². The van der Waals surface area contributed by atoms with Gasteiger partial charge in [-0.25, -0.2) is 8.78 Å². The van der Waals surface area contributed by atoms with Gasteiger partial charge in [0.05, 0.1) is 11.3 Å². The average molecular weight is 284 g/mol. The van der Waals surface area contributed by atoms with Crippen LogP contribution < -0.4 is 0 Å². The molecule has 1 aliphatic rings. The maximum atomic E-state index is 13.5. The van der Waals surface area contributed by atoms with E-state index in [1.165, 1.54) is 12.8 Å². The quantitative estimate of drug-likeness (QED) is 0.759. The standard InChI is InChI=1S/C15H18F2OS/c1-10-3-2-4-12(7-10)19-9-15(18)13-8-11(16)5-6-14(13)17/h5-6,8,10,12H,2-4,7,9H2,1H3. The Morgan fingerprint density at radius 1 is 1.37 bits per heavy atom. The highest BCUT2D eigenvalue weighted by molar-refractivity contribution is 8.00. The first-order valence-electron chi connectivity index (χ1n) is 6.66. The predicted octanol–water partition coefficient (Wildman–Crippen LogP) is 4.46. The van der Waals surface area contributed by atoms with Gasteiger partial charge in [-0.2, -0.15) is 11.8 Å². The lowest BCUT2D eigenvalue weighted by molar-refractivity contribution is 0.101. The molecule has 0 amide bonds. The van der Waals surface area contributed by atoms with Crippen molar-refractivity contribution in [3.05, 3.63) is 35.4 Å². The number of ketones is 1. The number of carbonyl (C=O) groups is 1. The van der Waals surface area contributed by atoms with E-state index in [9.17, 15) is 13.6 Å². The number of thioether (sulfide) groups is 1. The minimum Gasteiger partial charge on any atom is -0.293 e. The summed E-state index contributed by atoms with van der Waals surface area (Å²) in [5.74, 6) is -0.588. The van der Waals surface area contributed by atoms with Crippen molar-refractivity contribution >= 4 is 17.5 Å². The summed E-state index contributed by atoms with van der Waals surface area (Å²) in [6.07, 6.45) is 4.68. The van der Waals surface area contributed by atoms with Crippen LogP contribution in [0, 0.1) is 17.6 Å². The third-order valence-electron chi connectivity index (χ3n) is 3.57. The molecular weight excluding hydrogens is 266 g/mol. The molecule has 1 aliphatic carbocycles. The summed E-state index contributed by atoms with van der Waals surface area (Å²) in [5.41, 5.74) is -0.128. The SMILES string of the molecule is CC1CCCC(SCC(=O)c2cc(F)ccc2F)C1. The van der Waals surface area contributed by atoms with E-state index in [4.69, 9.17) is 0 Å². The van der Waals surface area contributed by atoms with E-state index in [2.05, 4.69) is 6.92 Å². The number of halogens is 2. The van der Waals surface area contributed by atoms with Gasteiger partial charge in [0, 0.05) is 5.25 Å². The minimum absolute atomic E-state index is 0.128. The van der Waals surface area contributed by atoms with Gasteiger partial charge >= 0.3 is 0 Å². The van der Waals surface area contributed by atoms with Crippen LogP contribution in [0.4, 0.5) is 8.78 Å². The fourth-order valence-corrected chi connectivity index (χ4v) is 3.85. The topological polar surface area (TPSA) is 17.1 Å². The van der Waals surface area contributed by atoms with E-state index in [-0.39, 0.29) is 17.1 Å². The maximum absolute atomic E-state index is 13.5. The summed E-state index contributed by atoms with van der Waals surface area (Å²) >= 11 is 1.58. The van der Waals surface area contributed by atoms with Gasteiger partial charge < -0.3 is 0 Å². The van der Waals surface area contributed by atoms with Crippen LogP contribution in [0.5, 0.6) is 0 Å². The highest BCUT2D eigenvalue weighted by atomic mass is 32.2. The Hall–Kier alpha value is -0.900. The van der Waals surface area contributed by atoms with Gasteiger partial charge in [0.25, 0.3) is 0 Å². The molecule has 19 heavy (non-hydrogen) atoms. The van der Waals surface area contributed by atoms with Gasteiger partial charge in [-0.3, -0.25) is 4.79 Å². The Bertz CT molecular complexity index is 461. The third-order valence-corrected chi connectivity index (χ3v) is 4.90. The maximum Gasteiger partial charge on any atom is 0.175 e. The number of benzene rings is 1. The van der Waals surface area contributed by atoms with E-state index < -0.39 is 11.6 Å². The molecule has 0 bridgehead atoms. The van der Waals surface area contributed by atoms with Crippen LogP contribution in [-0.2, 0) is 0 Å². The summed E-state index contributed by atoms with van der Waals surface area (Å²) in [4.78, 5) is 11.9. The van der Waals surface area contributed by atoms with E-state index in [1.54, 1.807) is 11.8 Å². The molecule has 1 aromatic carbocycles. The van der Waals surface area contributed by atoms with Crippen LogP contribution in [0.1, 0.15) is 43.0 Å². The molecule has 0 aromatic heterocycles. The molecule has 104 valence electrons. The van der Waals surface area contributed by atoms with Crippen molar-refractivity contribution in [3.8, 4) is 0 Å². The number of hydrogen-bond acceptors (Lipinski definition) is 2. The summed E-state index contributed by atoms with van der Waals surface area (Å²) in [6.45, 7) is 2.22. The van der Waals surface area contributed by atoms with Crippen LogP contribution in [0.25, 0.3) is 0 Å². The van der Waals surface area contributed by atoms with Crippen molar-refractivity contribution in [2.45, 2.75) is 37.9 Å². The second-order valence-electron chi connectivity index (χ2n) is 5.25. The van der Waals surface area contributed by atoms with Crippen LogP contribution in [-0.4, -0.2) is 16.8 Å². The van der Waals surface area contributed by atoms with Gasteiger partial charge in [-0.15, -0.1) is 0 Å². The fourth-order valence-electron chi connectivity index (χ4n) is 2.51. The van der Waals surface area contributed by atoms with E-state index in [0.717, 1.165) is 31.0 Å². The van der Waals surface area contributed by atoms with Crippen LogP contribution in [0.15, 0.2) is 18.2 Å². The predicted molar refractivity (Wildman–Crippen MR) is 74.6 cm³/mol. The molecule has 0 radical (unpaired) electrons. The number of hydrogen-bond donors (Lipinski definition) is 0. The summed E-state index contributed by atoms with van der Waals surface area (Å²) in [6, 6.07) is 3.03. The van der Waals surface area contributed by atoms with Crippen molar-refractivity contribution in [1.29, 1.82) is 0 Å². The molecule has 4 heteroatoms. The first kappa shape index (κ1) is 14.5. The van der Waals surface area contributed by atoms with Crippen molar-refractivity contribution in [2.24, 2.45) is 5.92 Å². The molecule has 1 fully saturated rings. The Morgan fingerprint density at radius 3 is 2.89 bits per heavy atom. The molecule has 0 N–H and O–H groups in total. The Kier molecular flexibility index (Phi) is 4.97. The molecule has 0 heterocycles. The van der Waals surface area contributed by atoms with Crippen molar-refractivity contribution < 1.29 is 13.6 Å². The summed E-state index contributed by atoms with van der Waals surface area (Å²) in [5, 5.41) is 0.476.